The summed E-state index contributed by atoms with van der Waals surface area (Å²) in [4.78, 5) is 0. The molecule has 0 aliphatic heterocycles. The van der Waals surface area contributed by atoms with E-state index in [1.807, 2.05) is 60.7 Å². The van der Waals surface area contributed by atoms with Crippen molar-refractivity contribution in [3.05, 3.63) is 81.8 Å². The van der Waals surface area contributed by atoms with Crippen LogP contribution < -0.4 is 0 Å². The largest absolute Gasteiger partial charge is 0.192 e. The van der Waals surface area contributed by atoms with Gasteiger partial charge in [-0.15, -0.1) is 0 Å². The molecule has 0 N–H and O–H groups in total. The van der Waals surface area contributed by atoms with Gasteiger partial charge in [0.25, 0.3) is 0 Å². The summed E-state index contributed by atoms with van der Waals surface area (Å²) < 4.78 is 0. The van der Waals surface area contributed by atoms with Crippen molar-refractivity contribution in [2.24, 2.45) is 0 Å². The van der Waals surface area contributed by atoms with Crippen LogP contribution in [0.2, 0.25) is 10.0 Å². The molecule has 0 aliphatic rings. The Kier molecular flexibility index (Phi) is 4.54. The van der Waals surface area contributed by atoms with E-state index < -0.39 is 0 Å². The van der Waals surface area contributed by atoms with Crippen molar-refractivity contribution in [3.63, 3.8) is 0 Å². The van der Waals surface area contributed by atoms with E-state index in [1.165, 1.54) is 0 Å². The quantitative estimate of drug-likeness (QED) is 0.564. The molecule has 3 rings (SSSR count). The second kappa shape index (κ2) is 6.77. The van der Waals surface area contributed by atoms with E-state index in [4.69, 9.17) is 23.2 Å². The van der Waals surface area contributed by atoms with Crippen LogP contribution in [-0.4, -0.2) is 0 Å². The van der Waals surface area contributed by atoms with Crippen molar-refractivity contribution in [1.29, 1.82) is 10.5 Å². The van der Waals surface area contributed by atoms with Crippen molar-refractivity contribution in [3.8, 4) is 34.4 Å². The minimum absolute atomic E-state index is 0.239. The number of halogens is 2. The van der Waals surface area contributed by atoms with Crippen LogP contribution in [0.15, 0.2) is 60.7 Å². The Bertz CT molecular complexity index is 899. The standard InChI is InChI=1S/C20H10Cl2N2/c21-19-16(12-24)18(14-9-5-2-6-10-14)20(22)15(11-23)17(19)13-7-3-1-4-8-13/h1-10H. The van der Waals surface area contributed by atoms with Gasteiger partial charge in [-0.1, -0.05) is 83.9 Å². The molecule has 0 aromatic heterocycles. The zero-order chi connectivity index (χ0) is 17.1. The van der Waals surface area contributed by atoms with E-state index in [1.54, 1.807) is 0 Å². The number of nitrogens with zero attached hydrogens (tertiary/aromatic N) is 2. The van der Waals surface area contributed by atoms with Crippen molar-refractivity contribution < 1.29 is 0 Å². The van der Waals surface area contributed by atoms with Crippen LogP contribution in [0.25, 0.3) is 22.3 Å². The predicted octanol–water partition coefficient (Wildman–Crippen LogP) is 6.07. The fraction of sp³-hybridized carbons (Fsp3) is 0. The second-order valence-electron chi connectivity index (χ2n) is 5.08. The summed E-state index contributed by atoms with van der Waals surface area (Å²) >= 11 is 13.0. The summed E-state index contributed by atoms with van der Waals surface area (Å²) in [6.45, 7) is 0. The Morgan fingerprint density at radius 3 is 1.21 bits per heavy atom. The van der Waals surface area contributed by atoms with Gasteiger partial charge in [0, 0.05) is 11.1 Å². The minimum Gasteiger partial charge on any atom is -0.192 e. The zero-order valence-electron chi connectivity index (χ0n) is 12.4. The molecule has 0 aliphatic carbocycles. The molecular formula is C20H10Cl2N2. The molecule has 4 heteroatoms. The Hall–Kier alpha value is -2.78. The first-order chi connectivity index (χ1) is 11.7. The van der Waals surface area contributed by atoms with Gasteiger partial charge in [0.2, 0.25) is 0 Å². The van der Waals surface area contributed by atoms with Gasteiger partial charge in [0.05, 0.1) is 21.2 Å². The molecule has 0 amide bonds. The minimum atomic E-state index is 0.239. The molecule has 3 aromatic rings. The highest BCUT2D eigenvalue weighted by Crippen LogP contribution is 2.44. The third-order valence-electron chi connectivity index (χ3n) is 3.73. The fourth-order valence-corrected chi connectivity index (χ4v) is 3.33. The van der Waals surface area contributed by atoms with Gasteiger partial charge in [0.15, 0.2) is 0 Å². The van der Waals surface area contributed by atoms with Gasteiger partial charge in [0.1, 0.15) is 12.1 Å². The molecule has 0 radical (unpaired) electrons. The summed E-state index contributed by atoms with van der Waals surface area (Å²) in [5.41, 5.74) is 3.01. The topological polar surface area (TPSA) is 47.6 Å². The maximum absolute atomic E-state index is 9.64. The fourth-order valence-electron chi connectivity index (χ4n) is 2.65. The van der Waals surface area contributed by atoms with Crippen LogP contribution in [0.1, 0.15) is 11.1 Å². The lowest BCUT2D eigenvalue weighted by molar-refractivity contribution is 1.44. The van der Waals surface area contributed by atoms with Gasteiger partial charge in [-0.3, -0.25) is 0 Å². The van der Waals surface area contributed by atoms with E-state index in [-0.39, 0.29) is 21.2 Å². The smallest absolute Gasteiger partial charge is 0.101 e. The third-order valence-corrected chi connectivity index (χ3v) is 4.48. The van der Waals surface area contributed by atoms with Crippen LogP contribution in [0, 0.1) is 22.7 Å². The summed E-state index contributed by atoms with van der Waals surface area (Å²) in [7, 11) is 0. The summed E-state index contributed by atoms with van der Waals surface area (Å²) in [5.74, 6) is 0. The first-order valence-electron chi connectivity index (χ1n) is 7.15. The molecule has 0 bridgehead atoms. The van der Waals surface area contributed by atoms with Gasteiger partial charge in [-0.25, -0.2) is 0 Å². The molecule has 0 heterocycles. The Balaban J connectivity index is 2.44. The molecule has 0 spiro atoms. The second-order valence-corrected chi connectivity index (χ2v) is 5.84. The zero-order valence-corrected chi connectivity index (χ0v) is 13.9. The molecule has 0 fully saturated rings. The monoisotopic (exact) mass is 348 g/mol. The molecule has 0 saturated heterocycles. The van der Waals surface area contributed by atoms with Crippen molar-refractivity contribution in [2.75, 3.05) is 0 Å². The highest BCUT2D eigenvalue weighted by molar-refractivity contribution is 6.40. The van der Waals surface area contributed by atoms with E-state index in [2.05, 4.69) is 12.1 Å². The van der Waals surface area contributed by atoms with Crippen LogP contribution in [0.4, 0.5) is 0 Å². The van der Waals surface area contributed by atoms with Crippen LogP contribution in [0.3, 0.4) is 0 Å². The molecule has 24 heavy (non-hydrogen) atoms. The number of rotatable bonds is 2. The molecule has 0 unspecified atom stereocenters. The van der Waals surface area contributed by atoms with Crippen LogP contribution in [-0.2, 0) is 0 Å². The third kappa shape index (κ3) is 2.63. The Morgan fingerprint density at radius 1 is 0.583 bits per heavy atom. The van der Waals surface area contributed by atoms with E-state index >= 15 is 0 Å². The first-order valence-corrected chi connectivity index (χ1v) is 7.90. The Labute approximate surface area is 150 Å². The summed E-state index contributed by atoms with van der Waals surface area (Å²) in [5, 5.41) is 19.8. The molecule has 0 atom stereocenters. The van der Waals surface area contributed by atoms with Crippen molar-refractivity contribution in [1.82, 2.24) is 0 Å². The summed E-state index contributed by atoms with van der Waals surface area (Å²) in [6.07, 6.45) is 0. The maximum atomic E-state index is 9.64. The lowest BCUT2D eigenvalue weighted by atomic mass is 9.91. The lowest BCUT2D eigenvalue weighted by Crippen LogP contribution is -1.96. The number of benzene rings is 3. The van der Waals surface area contributed by atoms with Gasteiger partial charge < -0.3 is 0 Å². The van der Waals surface area contributed by atoms with Gasteiger partial charge in [-0.2, -0.15) is 10.5 Å². The van der Waals surface area contributed by atoms with Crippen molar-refractivity contribution >= 4 is 23.2 Å². The van der Waals surface area contributed by atoms with Gasteiger partial charge >= 0.3 is 0 Å². The Morgan fingerprint density at radius 2 is 0.917 bits per heavy atom. The van der Waals surface area contributed by atoms with Crippen molar-refractivity contribution in [2.45, 2.75) is 0 Å². The normalized spacial score (nSPS) is 10.0. The van der Waals surface area contributed by atoms with E-state index in [0.29, 0.717) is 11.1 Å². The highest BCUT2D eigenvalue weighted by Gasteiger charge is 2.23. The average molecular weight is 349 g/mol. The summed E-state index contributed by atoms with van der Waals surface area (Å²) in [6, 6.07) is 22.7. The van der Waals surface area contributed by atoms with Gasteiger partial charge in [-0.05, 0) is 11.1 Å². The molecule has 0 saturated carbocycles. The highest BCUT2D eigenvalue weighted by atomic mass is 35.5. The number of hydrogen-bond donors (Lipinski definition) is 0. The first kappa shape index (κ1) is 16.1. The number of nitriles is 2. The molecule has 3 aromatic carbocycles. The molecule has 2 nitrogen and oxygen atoms in total. The maximum Gasteiger partial charge on any atom is 0.101 e. The average Bonchev–Trinajstić information content (AvgIpc) is 2.64. The predicted molar refractivity (Wildman–Crippen MR) is 96.8 cm³/mol. The van der Waals surface area contributed by atoms with E-state index in [0.717, 1.165) is 11.1 Å². The lowest BCUT2D eigenvalue weighted by Gasteiger charge is -2.16. The SMILES string of the molecule is N#Cc1c(Cl)c(-c2ccccc2)c(C#N)c(Cl)c1-c1ccccc1. The van der Waals surface area contributed by atoms with E-state index in [9.17, 15) is 10.5 Å². The molecular weight excluding hydrogens is 339 g/mol. The molecule has 114 valence electrons. The van der Waals surface area contributed by atoms with Crippen LogP contribution >= 0.6 is 23.2 Å². The number of hydrogen-bond acceptors (Lipinski definition) is 2. The van der Waals surface area contributed by atoms with Crippen LogP contribution in [0.5, 0.6) is 0 Å².